The summed E-state index contributed by atoms with van der Waals surface area (Å²) in [5.41, 5.74) is 3.74. The monoisotopic (exact) mass is 532 g/mol. The van der Waals surface area contributed by atoms with Crippen LogP contribution in [0.3, 0.4) is 0 Å². The van der Waals surface area contributed by atoms with Crippen molar-refractivity contribution in [3.63, 3.8) is 0 Å². The minimum Gasteiger partial charge on any atom is -0.445 e. The predicted molar refractivity (Wildman–Crippen MR) is 158 cm³/mol. The highest BCUT2D eigenvalue weighted by Crippen LogP contribution is 2.44. The maximum atomic E-state index is 13.2. The lowest BCUT2D eigenvalue weighted by Crippen LogP contribution is -2.49. The molecule has 1 amide bonds. The topological polar surface area (TPSA) is 42.0 Å². The van der Waals surface area contributed by atoms with Gasteiger partial charge in [-0.25, -0.2) is 0 Å². The van der Waals surface area contributed by atoms with Crippen LogP contribution in [0.25, 0.3) is 0 Å². The summed E-state index contributed by atoms with van der Waals surface area (Å²) in [5.74, 6) is 0.350. The average molecular weight is 533 g/mol. The van der Waals surface area contributed by atoms with Crippen LogP contribution in [0.4, 0.5) is 5.69 Å². The van der Waals surface area contributed by atoms with Crippen LogP contribution in [0, 0.1) is 6.92 Å². The van der Waals surface area contributed by atoms with E-state index in [1.54, 1.807) is 18.2 Å². The maximum Gasteiger partial charge on any atom is 0.275 e. The quantitative estimate of drug-likeness (QED) is 0.325. The van der Waals surface area contributed by atoms with Gasteiger partial charge in [-0.3, -0.25) is 4.79 Å². The fourth-order valence-electron chi connectivity index (χ4n) is 4.38. The number of carbonyl (C=O) groups is 1. The lowest BCUT2D eigenvalue weighted by Gasteiger charge is -2.37. The molecule has 1 saturated heterocycles. The van der Waals surface area contributed by atoms with Crippen molar-refractivity contribution >= 4 is 23.2 Å². The van der Waals surface area contributed by atoms with Crippen LogP contribution in [-0.2, 0) is 5.79 Å². The number of benzene rings is 3. The molecule has 200 valence electrons. The molecule has 3 aromatic carbocycles. The second kappa shape index (κ2) is 13.2. The Balaban J connectivity index is 0.000000611. The number of hydrogen-bond donors (Lipinski definition) is 0. The molecule has 1 fully saturated rings. The second-order valence-electron chi connectivity index (χ2n) is 9.16. The van der Waals surface area contributed by atoms with Crippen LogP contribution < -0.4 is 14.4 Å². The number of fused-ring (bicyclic) bond motifs is 1. The van der Waals surface area contributed by atoms with Crippen LogP contribution in [-0.4, -0.2) is 37.0 Å². The first-order valence-electron chi connectivity index (χ1n) is 12.8. The standard InChI is InChI=1S/C26H25ClN2O3.2C3H6/c1-18-21(27)9-6-10-22(18)28-13-15-29(16-14-28)25(30)19-11-12-23-24(17-19)32-26(2,31-23)20-7-4-3-5-8-20;2*1-3-2/h3-12,17H,13-16H2,1-2H3;2*3H,1H2,2H3. The zero-order valence-corrected chi connectivity index (χ0v) is 23.5. The van der Waals surface area contributed by atoms with Gasteiger partial charge in [0, 0.05) is 54.9 Å². The van der Waals surface area contributed by atoms with Crippen molar-refractivity contribution in [2.24, 2.45) is 0 Å². The SMILES string of the molecule is C=CC.C=CC.Cc1c(Cl)cccc1N1CCN(C(=O)c2ccc3c(c2)OC(C)(c2ccccc2)O3)CC1. The van der Waals surface area contributed by atoms with E-state index < -0.39 is 5.79 Å². The van der Waals surface area contributed by atoms with Crippen molar-refractivity contribution in [2.75, 3.05) is 31.1 Å². The van der Waals surface area contributed by atoms with Crippen molar-refractivity contribution in [1.82, 2.24) is 4.90 Å². The fraction of sp³-hybridized carbons (Fsp3) is 0.281. The summed E-state index contributed by atoms with van der Waals surface area (Å²) in [6.07, 6.45) is 3.50. The molecule has 0 bridgehead atoms. The molecule has 0 aliphatic carbocycles. The van der Waals surface area contributed by atoms with Gasteiger partial charge < -0.3 is 19.3 Å². The molecule has 0 spiro atoms. The number of allylic oxidation sites excluding steroid dienone is 2. The Morgan fingerprint density at radius 1 is 0.895 bits per heavy atom. The van der Waals surface area contributed by atoms with Crippen LogP contribution in [0.15, 0.2) is 92.0 Å². The van der Waals surface area contributed by atoms with Gasteiger partial charge in [-0.1, -0.05) is 60.2 Å². The van der Waals surface area contributed by atoms with E-state index in [1.165, 1.54) is 0 Å². The summed E-state index contributed by atoms with van der Waals surface area (Å²) in [6.45, 7) is 17.3. The number of rotatable bonds is 3. The molecule has 1 unspecified atom stereocenters. The smallest absolute Gasteiger partial charge is 0.275 e. The van der Waals surface area contributed by atoms with Gasteiger partial charge in [-0.2, -0.15) is 0 Å². The highest BCUT2D eigenvalue weighted by atomic mass is 35.5. The molecule has 3 aromatic rings. The van der Waals surface area contributed by atoms with Crippen molar-refractivity contribution in [3.8, 4) is 11.5 Å². The molecule has 0 N–H and O–H groups in total. The summed E-state index contributed by atoms with van der Waals surface area (Å²) in [7, 11) is 0. The van der Waals surface area contributed by atoms with Gasteiger partial charge in [0.1, 0.15) is 0 Å². The molecule has 5 nitrogen and oxygen atoms in total. The first-order valence-corrected chi connectivity index (χ1v) is 13.2. The Labute approximate surface area is 231 Å². The summed E-state index contributed by atoms with van der Waals surface area (Å²) >= 11 is 6.28. The molecule has 1 atom stereocenters. The van der Waals surface area contributed by atoms with Crippen LogP contribution in [0.1, 0.15) is 42.3 Å². The molecule has 2 aliphatic rings. The minimum absolute atomic E-state index is 0.00665. The maximum absolute atomic E-state index is 13.2. The van der Waals surface area contributed by atoms with Gasteiger partial charge in [0.05, 0.1) is 0 Å². The first-order chi connectivity index (χ1) is 18.3. The number of nitrogens with zero attached hydrogens (tertiary/aromatic N) is 2. The number of hydrogen-bond acceptors (Lipinski definition) is 4. The second-order valence-corrected chi connectivity index (χ2v) is 9.56. The number of ether oxygens (including phenoxy) is 2. The Bertz CT molecular complexity index is 1250. The Morgan fingerprint density at radius 2 is 1.50 bits per heavy atom. The zero-order valence-electron chi connectivity index (χ0n) is 22.7. The van der Waals surface area contributed by atoms with E-state index in [-0.39, 0.29) is 5.91 Å². The molecular weight excluding hydrogens is 496 g/mol. The Hall–Kier alpha value is -3.70. The van der Waals surface area contributed by atoms with Gasteiger partial charge in [0.2, 0.25) is 0 Å². The average Bonchev–Trinajstić information content (AvgIpc) is 3.28. The van der Waals surface area contributed by atoms with Crippen molar-refractivity contribution < 1.29 is 14.3 Å². The van der Waals surface area contributed by atoms with E-state index in [0.717, 1.165) is 34.9 Å². The molecule has 6 heteroatoms. The van der Waals surface area contributed by atoms with E-state index in [2.05, 4.69) is 24.1 Å². The highest BCUT2D eigenvalue weighted by molar-refractivity contribution is 6.31. The summed E-state index contributed by atoms with van der Waals surface area (Å²) in [5, 5.41) is 0.767. The molecule has 0 aromatic heterocycles. The van der Waals surface area contributed by atoms with Crippen LogP contribution >= 0.6 is 11.6 Å². The lowest BCUT2D eigenvalue weighted by molar-refractivity contribution is -0.0680. The Morgan fingerprint density at radius 3 is 2.13 bits per heavy atom. The van der Waals surface area contributed by atoms with Gasteiger partial charge in [0.25, 0.3) is 11.7 Å². The molecular formula is C32H37ClN2O3. The van der Waals surface area contributed by atoms with E-state index in [0.29, 0.717) is 30.2 Å². The van der Waals surface area contributed by atoms with Crippen molar-refractivity contribution in [3.05, 3.63) is 114 Å². The molecule has 0 saturated carbocycles. The van der Waals surface area contributed by atoms with Crippen molar-refractivity contribution in [2.45, 2.75) is 33.5 Å². The van der Waals surface area contributed by atoms with Crippen LogP contribution in [0.2, 0.25) is 5.02 Å². The summed E-state index contributed by atoms with van der Waals surface area (Å²) < 4.78 is 12.2. The summed E-state index contributed by atoms with van der Waals surface area (Å²) in [6, 6.07) is 21.2. The molecule has 38 heavy (non-hydrogen) atoms. The highest BCUT2D eigenvalue weighted by Gasteiger charge is 2.39. The number of piperazine rings is 1. The summed E-state index contributed by atoms with van der Waals surface area (Å²) in [4.78, 5) is 17.4. The number of carbonyl (C=O) groups excluding carboxylic acids is 1. The number of amides is 1. The van der Waals surface area contributed by atoms with Gasteiger partial charge in [0.15, 0.2) is 11.5 Å². The first kappa shape index (κ1) is 28.9. The zero-order chi connectivity index (χ0) is 27.7. The fourth-order valence-corrected chi connectivity index (χ4v) is 4.55. The third-order valence-corrected chi connectivity index (χ3v) is 6.65. The lowest BCUT2D eigenvalue weighted by atomic mass is 10.1. The molecule has 2 heterocycles. The molecule has 0 radical (unpaired) electrons. The van der Waals surface area contributed by atoms with Crippen molar-refractivity contribution in [1.29, 1.82) is 0 Å². The molecule has 5 rings (SSSR count). The van der Waals surface area contributed by atoms with E-state index in [1.807, 2.05) is 87.2 Å². The van der Waals surface area contributed by atoms with E-state index >= 15 is 0 Å². The van der Waals surface area contributed by atoms with Gasteiger partial charge >= 0.3 is 0 Å². The Kier molecular flexibility index (Phi) is 10.0. The number of halogens is 1. The van der Waals surface area contributed by atoms with Gasteiger partial charge in [-0.05, 0) is 56.7 Å². The van der Waals surface area contributed by atoms with Gasteiger partial charge in [-0.15, -0.1) is 13.2 Å². The third kappa shape index (κ3) is 6.59. The molecule has 2 aliphatic heterocycles. The van der Waals surface area contributed by atoms with E-state index in [4.69, 9.17) is 21.1 Å². The predicted octanol–water partition coefficient (Wildman–Crippen LogP) is 7.64. The van der Waals surface area contributed by atoms with E-state index in [9.17, 15) is 4.79 Å². The number of anilines is 1. The normalized spacial score (nSPS) is 17.4. The van der Waals surface area contributed by atoms with Crippen LogP contribution in [0.5, 0.6) is 11.5 Å². The third-order valence-electron chi connectivity index (χ3n) is 6.24. The minimum atomic E-state index is -0.897. The largest absolute Gasteiger partial charge is 0.445 e.